The van der Waals surface area contributed by atoms with E-state index in [-0.39, 0.29) is 5.91 Å². The van der Waals surface area contributed by atoms with Gasteiger partial charge < -0.3 is 9.88 Å². The number of rotatable bonds is 5. The third-order valence-corrected chi connectivity index (χ3v) is 5.20. The normalized spacial score (nSPS) is 10.8. The third-order valence-electron chi connectivity index (χ3n) is 4.18. The number of benzene rings is 2. The lowest BCUT2D eigenvalue weighted by atomic mass is 10.2. The molecule has 2 aromatic heterocycles. The number of halogens is 1. The molecule has 0 unspecified atom stereocenters. The number of nitrogens with one attached hydrogen (secondary N) is 2. The SMILES string of the molecule is Cn1c(C(=O)Nc2ccc(SNc3ncccn3)cc2)cc2cc(Cl)ccc21. The smallest absolute Gasteiger partial charge is 0.272 e. The van der Waals surface area contributed by atoms with E-state index in [4.69, 9.17) is 11.6 Å². The van der Waals surface area contributed by atoms with E-state index >= 15 is 0 Å². The number of anilines is 2. The quantitative estimate of drug-likeness (QED) is 0.454. The first kappa shape index (κ1) is 18.3. The summed E-state index contributed by atoms with van der Waals surface area (Å²) in [5, 5.41) is 4.51. The van der Waals surface area contributed by atoms with Crippen molar-refractivity contribution in [2.75, 3.05) is 10.0 Å². The number of hydrogen-bond acceptors (Lipinski definition) is 5. The van der Waals surface area contributed by atoms with E-state index in [9.17, 15) is 4.79 Å². The van der Waals surface area contributed by atoms with Gasteiger partial charge in [-0.3, -0.25) is 9.52 Å². The van der Waals surface area contributed by atoms with Gasteiger partial charge in [-0.05, 0) is 66.5 Å². The van der Waals surface area contributed by atoms with Crippen LogP contribution in [0.1, 0.15) is 10.5 Å². The van der Waals surface area contributed by atoms with E-state index in [0.29, 0.717) is 22.4 Å². The Morgan fingerprint density at radius 1 is 1.07 bits per heavy atom. The summed E-state index contributed by atoms with van der Waals surface area (Å²) >= 11 is 7.44. The average molecular weight is 410 g/mol. The zero-order chi connectivity index (χ0) is 19.5. The summed E-state index contributed by atoms with van der Waals surface area (Å²) in [6.07, 6.45) is 3.35. The van der Waals surface area contributed by atoms with Crippen LogP contribution in [0.3, 0.4) is 0 Å². The number of carbonyl (C=O) groups excluding carboxylic acids is 1. The van der Waals surface area contributed by atoms with Crippen molar-refractivity contribution in [3.63, 3.8) is 0 Å². The molecule has 0 fully saturated rings. The molecule has 2 aromatic carbocycles. The second-order valence-corrected chi connectivity index (χ2v) is 7.36. The molecule has 0 saturated carbocycles. The second-order valence-electron chi connectivity index (χ2n) is 6.05. The molecule has 0 radical (unpaired) electrons. The van der Waals surface area contributed by atoms with Gasteiger partial charge in [-0.1, -0.05) is 11.6 Å². The number of aryl methyl sites for hydroxylation is 1. The molecule has 2 N–H and O–H groups in total. The molecule has 0 spiro atoms. The maximum atomic E-state index is 12.7. The van der Waals surface area contributed by atoms with Crippen molar-refractivity contribution in [1.29, 1.82) is 0 Å². The highest BCUT2D eigenvalue weighted by Crippen LogP contribution is 2.24. The summed E-state index contributed by atoms with van der Waals surface area (Å²) < 4.78 is 4.92. The predicted molar refractivity (Wildman–Crippen MR) is 114 cm³/mol. The first-order valence-electron chi connectivity index (χ1n) is 8.46. The molecule has 0 saturated heterocycles. The van der Waals surface area contributed by atoms with Gasteiger partial charge in [-0.15, -0.1) is 0 Å². The summed E-state index contributed by atoms with van der Waals surface area (Å²) in [6, 6.07) is 16.7. The lowest BCUT2D eigenvalue weighted by Crippen LogP contribution is -2.15. The van der Waals surface area contributed by atoms with Gasteiger partial charge in [0.15, 0.2) is 0 Å². The van der Waals surface area contributed by atoms with Crippen LogP contribution in [0, 0.1) is 0 Å². The van der Waals surface area contributed by atoms with Gasteiger partial charge in [0.25, 0.3) is 5.91 Å². The zero-order valence-electron chi connectivity index (χ0n) is 14.9. The fourth-order valence-electron chi connectivity index (χ4n) is 2.80. The zero-order valence-corrected chi connectivity index (χ0v) is 16.5. The van der Waals surface area contributed by atoms with Crippen LogP contribution < -0.4 is 10.0 Å². The topological polar surface area (TPSA) is 71.8 Å². The first-order valence-corrected chi connectivity index (χ1v) is 9.66. The van der Waals surface area contributed by atoms with Crippen LogP contribution in [-0.2, 0) is 7.05 Å². The van der Waals surface area contributed by atoms with Gasteiger partial charge in [-0.25, -0.2) is 9.97 Å². The molecule has 0 bridgehead atoms. The Hall–Kier alpha value is -3.03. The van der Waals surface area contributed by atoms with E-state index in [0.717, 1.165) is 15.8 Å². The molecule has 0 aliphatic carbocycles. The number of amides is 1. The Balaban J connectivity index is 1.44. The highest BCUT2D eigenvalue weighted by atomic mass is 35.5. The standard InChI is InChI=1S/C20H16ClN5OS/c1-26-17-8-3-14(21)11-13(17)12-18(26)19(27)24-15-4-6-16(7-5-15)28-25-20-22-9-2-10-23-20/h2-12H,1H3,(H,24,27)(H,22,23,25). The highest BCUT2D eigenvalue weighted by Gasteiger charge is 2.14. The van der Waals surface area contributed by atoms with Crippen molar-refractivity contribution >= 4 is 52.0 Å². The Kier molecular flexibility index (Phi) is 5.18. The molecular weight excluding hydrogens is 394 g/mol. The lowest BCUT2D eigenvalue weighted by molar-refractivity contribution is 0.102. The van der Waals surface area contributed by atoms with Gasteiger partial charge in [0.2, 0.25) is 5.95 Å². The van der Waals surface area contributed by atoms with Crippen LogP contribution in [0.5, 0.6) is 0 Å². The monoisotopic (exact) mass is 409 g/mol. The van der Waals surface area contributed by atoms with Crippen LogP contribution in [0.25, 0.3) is 10.9 Å². The number of nitrogens with zero attached hydrogens (tertiary/aromatic N) is 3. The van der Waals surface area contributed by atoms with Crippen LogP contribution in [0.4, 0.5) is 11.6 Å². The van der Waals surface area contributed by atoms with E-state index < -0.39 is 0 Å². The minimum atomic E-state index is -0.175. The minimum absolute atomic E-state index is 0.175. The fourth-order valence-corrected chi connectivity index (χ4v) is 3.56. The number of carbonyl (C=O) groups is 1. The van der Waals surface area contributed by atoms with E-state index in [1.807, 2.05) is 60.1 Å². The number of hydrogen-bond donors (Lipinski definition) is 2. The second kappa shape index (κ2) is 7.92. The molecule has 140 valence electrons. The average Bonchev–Trinajstić information content (AvgIpc) is 3.04. The van der Waals surface area contributed by atoms with Crippen LogP contribution in [0.2, 0.25) is 5.02 Å². The predicted octanol–water partition coefficient (Wildman–Crippen LogP) is 4.99. The van der Waals surface area contributed by atoms with Crippen molar-refractivity contribution in [1.82, 2.24) is 14.5 Å². The Labute approximate surface area is 171 Å². The van der Waals surface area contributed by atoms with E-state index in [1.54, 1.807) is 18.5 Å². The summed E-state index contributed by atoms with van der Waals surface area (Å²) in [5.41, 5.74) is 2.24. The molecule has 4 rings (SSSR count). The Morgan fingerprint density at radius 2 is 1.82 bits per heavy atom. The maximum Gasteiger partial charge on any atom is 0.272 e. The van der Waals surface area contributed by atoms with Crippen LogP contribution >= 0.6 is 23.5 Å². The van der Waals surface area contributed by atoms with Crippen molar-refractivity contribution in [2.45, 2.75) is 4.90 Å². The largest absolute Gasteiger partial charge is 0.340 e. The van der Waals surface area contributed by atoms with Crippen molar-refractivity contribution in [2.24, 2.45) is 7.05 Å². The molecule has 6 nitrogen and oxygen atoms in total. The summed E-state index contributed by atoms with van der Waals surface area (Å²) in [6.45, 7) is 0. The molecule has 1 amide bonds. The molecule has 28 heavy (non-hydrogen) atoms. The summed E-state index contributed by atoms with van der Waals surface area (Å²) in [5.74, 6) is 0.367. The van der Waals surface area contributed by atoms with E-state index in [1.165, 1.54) is 11.9 Å². The fraction of sp³-hybridized carbons (Fsp3) is 0.0500. The molecule has 0 aliphatic heterocycles. The van der Waals surface area contributed by atoms with E-state index in [2.05, 4.69) is 20.0 Å². The van der Waals surface area contributed by atoms with Crippen molar-refractivity contribution in [3.8, 4) is 0 Å². The lowest BCUT2D eigenvalue weighted by Gasteiger charge is -2.08. The summed E-state index contributed by atoms with van der Waals surface area (Å²) in [7, 11) is 1.86. The Bertz CT molecular complexity index is 1130. The maximum absolute atomic E-state index is 12.7. The molecule has 4 aromatic rings. The summed E-state index contributed by atoms with van der Waals surface area (Å²) in [4.78, 5) is 21.9. The highest BCUT2D eigenvalue weighted by molar-refractivity contribution is 8.00. The van der Waals surface area contributed by atoms with Crippen molar-refractivity contribution < 1.29 is 4.79 Å². The number of fused-ring (bicyclic) bond motifs is 1. The molecule has 0 aliphatic rings. The van der Waals surface area contributed by atoms with Gasteiger partial charge in [0, 0.05) is 45.9 Å². The molecule has 8 heteroatoms. The molecule has 0 atom stereocenters. The first-order chi connectivity index (χ1) is 13.6. The number of aromatic nitrogens is 3. The van der Waals surface area contributed by atoms with Gasteiger partial charge in [-0.2, -0.15) is 0 Å². The van der Waals surface area contributed by atoms with Gasteiger partial charge >= 0.3 is 0 Å². The van der Waals surface area contributed by atoms with Crippen LogP contribution in [-0.4, -0.2) is 20.4 Å². The van der Waals surface area contributed by atoms with Gasteiger partial charge in [0.05, 0.1) is 0 Å². The molecular formula is C20H16ClN5OS. The molecule has 2 heterocycles. The Morgan fingerprint density at radius 3 is 2.57 bits per heavy atom. The van der Waals surface area contributed by atoms with Gasteiger partial charge in [0.1, 0.15) is 5.69 Å². The third kappa shape index (κ3) is 3.95. The minimum Gasteiger partial charge on any atom is -0.340 e. The van der Waals surface area contributed by atoms with Crippen LogP contribution in [0.15, 0.2) is 71.9 Å². The van der Waals surface area contributed by atoms with Crippen molar-refractivity contribution in [3.05, 3.63) is 77.7 Å².